The summed E-state index contributed by atoms with van der Waals surface area (Å²) in [5.41, 5.74) is 1.26. The number of hydrogen-bond acceptors (Lipinski definition) is 1. The van der Waals surface area contributed by atoms with Gasteiger partial charge in [-0.25, -0.2) is 0 Å². The molecule has 11 heavy (non-hydrogen) atoms. The minimum absolute atomic E-state index is 0.460. The molecule has 1 aromatic carbocycles. The Morgan fingerprint density at radius 1 is 1.09 bits per heavy atom. The molecule has 0 aliphatic rings. The average molecular weight is 208 g/mol. The van der Waals surface area contributed by atoms with Crippen molar-refractivity contribution in [2.45, 2.75) is 0 Å². The molecule has 0 saturated carbocycles. The predicted molar refractivity (Wildman–Crippen MR) is 46.6 cm³/mol. The molecule has 0 aliphatic heterocycles. The molecule has 0 N–H and O–H groups in total. The van der Waals surface area contributed by atoms with Crippen LogP contribution in [0.25, 0.3) is 10.1 Å². The summed E-state index contributed by atoms with van der Waals surface area (Å²) in [6, 6.07) is 10.3. The second kappa shape index (κ2) is 3.04. The molecule has 0 bridgehead atoms. The molecule has 1 aromatic heterocycles. The van der Waals surface area contributed by atoms with Gasteiger partial charge in [0.15, 0.2) is 0 Å². The summed E-state index contributed by atoms with van der Waals surface area (Å²) in [7, 11) is 0. The Balaban J connectivity index is 2.46. The first-order valence-corrected chi connectivity index (χ1v) is 5.26. The Labute approximate surface area is 71.5 Å². The maximum atomic E-state index is 4.27. The predicted octanol–water partition coefficient (Wildman–Crippen LogP) is 1.81. The Kier molecular flexibility index (Phi) is 1.89. The molecule has 0 unspecified atom stereocenters. The Bertz CT molecular complexity index is 313. The molecule has 0 amide bonds. The van der Waals surface area contributed by atoms with Crippen molar-refractivity contribution in [2.24, 2.45) is 0 Å². The summed E-state index contributed by atoms with van der Waals surface area (Å²) in [4.78, 5) is 6.40. The number of aromatic nitrogens is 1. The third-order valence-electron chi connectivity index (χ3n) is 1.45. The molecular formula is C9H7NSe. The van der Waals surface area contributed by atoms with Gasteiger partial charge in [-0.15, -0.1) is 0 Å². The van der Waals surface area contributed by atoms with E-state index in [1.807, 2.05) is 24.4 Å². The van der Waals surface area contributed by atoms with Crippen molar-refractivity contribution in [3.8, 4) is 10.1 Å². The van der Waals surface area contributed by atoms with Gasteiger partial charge in [0.1, 0.15) is 0 Å². The van der Waals surface area contributed by atoms with Crippen molar-refractivity contribution >= 4 is 14.5 Å². The summed E-state index contributed by atoms with van der Waals surface area (Å²) >= 11 is 0.460. The number of benzene rings is 1. The van der Waals surface area contributed by atoms with Crippen molar-refractivity contribution in [1.29, 1.82) is 0 Å². The zero-order valence-corrected chi connectivity index (χ0v) is 7.61. The van der Waals surface area contributed by atoms with Gasteiger partial charge in [-0.2, -0.15) is 0 Å². The first kappa shape index (κ1) is 6.83. The van der Waals surface area contributed by atoms with Gasteiger partial charge in [0, 0.05) is 0 Å². The van der Waals surface area contributed by atoms with E-state index in [1.165, 1.54) is 10.1 Å². The van der Waals surface area contributed by atoms with E-state index in [4.69, 9.17) is 0 Å². The molecule has 0 radical (unpaired) electrons. The van der Waals surface area contributed by atoms with Crippen LogP contribution in [-0.2, 0) is 0 Å². The molecule has 0 spiro atoms. The van der Waals surface area contributed by atoms with Crippen LogP contribution in [0.5, 0.6) is 0 Å². The van der Waals surface area contributed by atoms with Gasteiger partial charge in [0.05, 0.1) is 0 Å². The summed E-state index contributed by atoms with van der Waals surface area (Å²) in [6.45, 7) is 0. The van der Waals surface area contributed by atoms with E-state index in [1.54, 1.807) is 0 Å². The van der Waals surface area contributed by atoms with Crippen LogP contribution in [0.1, 0.15) is 0 Å². The fourth-order valence-corrected chi connectivity index (χ4v) is 2.30. The van der Waals surface area contributed by atoms with Crippen LogP contribution in [-0.4, -0.2) is 19.5 Å². The molecule has 54 valence electrons. The van der Waals surface area contributed by atoms with Crippen LogP contribution >= 0.6 is 0 Å². The van der Waals surface area contributed by atoms with Crippen LogP contribution in [0.2, 0.25) is 0 Å². The quantitative estimate of drug-likeness (QED) is 0.651. The second-order valence-electron chi connectivity index (χ2n) is 2.20. The maximum absolute atomic E-state index is 4.27. The van der Waals surface area contributed by atoms with E-state index in [9.17, 15) is 0 Å². The van der Waals surface area contributed by atoms with Crippen LogP contribution in [0, 0.1) is 0 Å². The van der Waals surface area contributed by atoms with E-state index in [0.717, 1.165) is 0 Å². The zero-order valence-electron chi connectivity index (χ0n) is 5.90. The number of nitrogens with zero attached hydrogens (tertiary/aromatic N) is 1. The van der Waals surface area contributed by atoms with Crippen molar-refractivity contribution in [1.82, 2.24) is 4.98 Å². The summed E-state index contributed by atoms with van der Waals surface area (Å²) in [6.07, 6.45) is 1.89. The molecular weight excluding hydrogens is 201 g/mol. The molecule has 1 nitrogen and oxygen atoms in total. The van der Waals surface area contributed by atoms with Gasteiger partial charge < -0.3 is 0 Å². The van der Waals surface area contributed by atoms with Gasteiger partial charge in [0.2, 0.25) is 0 Å². The average Bonchev–Trinajstić information content (AvgIpc) is 2.58. The van der Waals surface area contributed by atoms with E-state index >= 15 is 0 Å². The second-order valence-corrected chi connectivity index (χ2v) is 4.08. The Morgan fingerprint density at radius 3 is 2.55 bits per heavy atom. The fourth-order valence-electron chi connectivity index (χ4n) is 0.947. The number of hydrogen-bond donors (Lipinski definition) is 0. The minimum atomic E-state index is 0.460. The third-order valence-corrected chi connectivity index (χ3v) is 3.18. The normalized spacial score (nSPS) is 9.82. The van der Waals surface area contributed by atoms with Gasteiger partial charge in [-0.1, -0.05) is 0 Å². The Hall–Kier alpha value is -0.851. The van der Waals surface area contributed by atoms with E-state index in [0.29, 0.717) is 14.5 Å². The summed E-state index contributed by atoms with van der Waals surface area (Å²) < 4.78 is 1.23. The SMILES string of the molecule is c1ccc(-c2ncc[se]2)cc1. The van der Waals surface area contributed by atoms with Gasteiger partial charge in [0.25, 0.3) is 0 Å². The Morgan fingerprint density at radius 2 is 1.91 bits per heavy atom. The molecule has 0 saturated heterocycles. The molecule has 2 heteroatoms. The van der Waals surface area contributed by atoms with Crippen LogP contribution in [0.15, 0.2) is 41.5 Å². The topological polar surface area (TPSA) is 12.9 Å². The molecule has 0 aliphatic carbocycles. The zero-order chi connectivity index (χ0) is 7.52. The molecule has 2 rings (SSSR count). The van der Waals surface area contributed by atoms with E-state index < -0.39 is 0 Å². The molecule has 0 atom stereocenters. The van der Waals surface area contributed by atoms with Crippen LogP contribution < -0.4 is 0 Å². The van der Waals surface area contributed by atoms with E-state index in [2.05, 4.69) is 22.1 Å². The number of rotatable bonds is 1. The van der Waals surface area contributed by atoms with Gasteiger partial charge >= 0.3 is 71.1 Å². The molecule has 0 fully saturated rings. The van der Waals surface area contributed by atoms with Crippen molar-refractivity contribution in [2.75, 3.05) is 0 Å². The van der Waals surface area contributed by atoms with Crippen molar-refractivity contribution in [3.63, 3.8) is 0 Å². The molecule has 1 heterocycles. The monoisotopic (exact) mass is 209 g/mol. The van der Waals surface area contributed by atoms with Crippen molar-refractivity contribution in [3.05, 3.63) is 41.5 Å². The first-order chi connectivity index (χ1) is 5.47. The van der Waals surface area contributed by atoms with Gasteiger partial charge in [-0.3, -0.25) is 0 Å². The fraction of sp³-hybridized carbons (Fsp3) is 0. The summed E-state index contributed by atoms with van der Waals surface area (Å²) in [5.74, 6) is 0. The molecule has 2 aromatic rings. The first-order valence-electron chi connectivity index (χ1n) is 3.42. The van der Waals surface area contributed by atoms with Crippen LogP contribution in [0.4, 0.5) is 0 Å². The van der Waals surface area contributed by atoms with E-state index in [-0.39, 0.29) is 0 Å². The van der Waals surface area contributed by atoms with Crippen molar-refractivity contribution < 1.29 is 0 Å². The standard InChI is InChI=1S/C9H7NSe/c1-2-4-8(5-3-1)9-10-6-7-11-9/h1-7H. The third kappa shape index (κ3) is 1.42. The van der Waals surface area contributed by atoms with Crippen LogP contribution in [0.3, 0.4) is 0 Å². The summed E-state index contributed by atoms with van der Waals surface area (Å²) in [5, 5.41) is 0. The van der Waals surface area contributed by atoms with Gasteiger partial charge in [-0.05, 0) is 0 Å².